The Balaban J connectivity index is 2.09. The highest BCUT2D eigenvalue weighted by atomic mass is 32.2. The van der Waals surface area contributed by atoms with E-state index in [0.29, 0.717) is 11.3 Å². The number of rotatable bonds is 6. The third kappa shape index (κ3) is 4.56. The van der Waals surface area contributed by atoms with Crippen molar-refractivity contribution in [1.29, 1.82) is 0 Å². The number of nitrogens with one attached hydrogen (secondary N) is 1. The predicted octanol–water partition coefficient (Wildman–Crippen LogP) is 2.37. The SMILES string of the molecule is Cc1ccc(NC(=O)CSc2ccccn2)cc1S(=O)(=O)N(C)C. The van der Waals surface area contributed by atoms with E-state index in [0.717, 1.165) is 9.33 Å². The lowest BCUT2D eigenvalue weighted by atomic mass is 10.2. The molecule has 1 aromatic carbocycles. The highest BCUT2D eigenvalue weighted by Crippen LogP contribution is 2.23. The van der Waals surface area contributed by atoms with Crippen LogP contribution in [0.2, 0.25) is 0 Å². The van der Waals surface area contributed by atoms with Crippen molar-refractivity contribution in [2.24, 2.45) is 0 Å². The maximum absolute atomic E-state index is 12.3. The van der Waals surface area contributed by atoms with Crippen LogP contribution in [0.5, 0.6) is 0 Å². The number of carbonyl (C=O) groups excluding carboxylic acids is 1. The van der Waals surface area contributed by atoms with Crippen LogP contribution in [0, 0.1) is 6.92 Å². The van der Waals surface area contributed by atoms with Crippen LogP contribution in [0.3, 0.4) is 0 Å². The van der Waals surface area contributed by atoms with Gasteiger partial charge in [-0.3, -0.25) is 4.79 Å². The van der Waals surface area contributed by atoms with Crippen molar-refractivity contribution < 1.29 is 13.2 Å². The van der Waals surface area contributed by atoms with Crippen molar-refractivity contribution in [2.45, 2.75) is 16.8 Å². The van der Waals surface area contributed by atoms with Crippen molar-refractivity contribution in [3.05, 3.63) is 48.2 Å². The second-order valence-corrected chi connectivity index (χ2v) is 8.39. The molecule has 6 nitrogen and oxygen atoms in total. The number of carbonyl (C=O) groups is 1. The van der Waals surface area contributed by atoms with Gasteiger partial charge in [-0.15, -0.1) is 0 Å². The first-order chi connectivity index (χ1) is 11.3. The minimum absolute atomic E-state index is 0.183. The normalized spacial score (nSPS) is 11.5. The summed E-state index contributed by atoms with van der Waals surface area (Å²) in [6.45, 7) is 1.72. The van der Waals surface area contributed by atoms with Gasteiger partial charge in [-0.2, -0.15) is 0 Å². The van der Waals surface area contributed by atoms with Crippen molar-refractivity contribution in [3.63, 3.8) is 0 Å². The molecule has 0 spiro atoms. The lowest BCUT2D eigenvalue weighted by Gasteiger charge is -2.15. The number of aryl methyl sites for hydroxylation is 1. The number of amides is 1. The average molecular weight is 365 g/mol. The van der Waals surface area contributed by atoms with Crippen LogP contribution in [0.25, 0.3) is 0 Å². The Bertz CT molecular complexity index is 822. The molecule has 0 bridgehead atoms. The van der Waals surface area contributed by atoms with Crippen LogP contribution >= 0.6 is 11.8 Å². The van der Waals surface area contributed by atoms with Gasteiger partial charge in [-0.05, 0) is 36.8 Å². The molecule has 1 heterocycles. The first kappa shape index (κ1) is 18.4. The number of aromatic nitrogens is 1. The van der Waals surface area contributed by atoms with E-state index in [1.54, 1.807) is 25.3 Å². The van der Waals surface area contributed by atoms with E-state index in [-0.39, 0.29) is 16.6 Å². The molecular formula is C16H19N3O3S2. The zero-order chi connectivity index (χ0) is 17.7. The fraction of sp³-hybridized carbons (Fsp3) is 0.250. The molecule has 0 unspecified atom stereocenters. The number of pyridine rings is 1. The largest absolute Gasteiger partial charge is 0.325 e. The molecule has 0 radical (unpaired) electrons. The third-order valence-electron chi connectivity index (χ3n) is 3.22. The van der Waals surface area contributed by atoms with Crippen molar-refractivity contribution in [1.82, 2.24) is 9.29 Å². The molecule has 1 aromatic heterocycles. The summed E-state index contributed by atoms with van der Waals surface area (Å²) in [6.07, 6.45) is 1.67. The topological polar surface area (TPSA) is 79.4 Å². The summed E-state index contributed by atoms with van der Waals surface area (Å²) in [5.74, 6) is -0.0246. The monoisotopic (exact) mass is 365 g/mol. The molecule has 0 saturated carbocycles. The zero-order valence-corrected chi connectivity index (χ0v) is 15.3. The van der Waals surface area contributed by atoms with Crippen LogP contribution in [0.1, 0.15) is 5.56 Å². The summed E-state index contributed by atoms with van der Waals surface area (Å²) < 4.78 is 25.8. The molecule has 2 aromatic rings. The second kappa shape index (κ2) is 7.78. The molecule has 128 valence electrons. The Morgan fingerprint density at radius 2 is 2.00 bits per heavy atom. The Hall–Kier alpha value is -1.90. The molecule has 0 saturated heterocycles. The van der Waals surface area contributed by atoms with E-state index >= 15 is 0 Å². The molecule has 0 fully saturated rings. The number of hydrogen-bond donors (Lipinski definition) is 1. The fourth-order valence-electron chi connectivity index (χ4n) is 1.92. The maximum Gasteiger partial charge on any atom is 0.242 e. The van der Waals surface area contributed by atoms with Crippen LogP contribution in [-0.2, 0) is 14.8 Å². The van der Waals surface area contributed by atoms with Gasteiger partial charge < -0.3 is 5.32 Å². The van der Waals surface area contributed by atoms with Crippen LogP contribution < -0.4 is 5.32 Å². The third-order valence-corrected chi connectivity index (χ3v) is 6.12. The highest BCUT2D eigenvalue weighted by molar-refractivity contribution is 7.99. The van der Waals surface area contributed by atoms with E-state index in [1.807, 2.05) is 18.2 Å². The Kier molecular flexibility index (Phi) is 5.98. The van der Waals surface area contributed by atoms with Crippen molar-refractivity contribution in [2.75, 3.05) is 25.2 Å². The minimum atomic E-state index is -3.55. The number of hydrogen-bond acceptors (Lipinski definition) is 5. The molecule has 0 aliphatic heterocycles. The first-order valence-electron chi connectivity index (χ1n) is 7.17. The van der Waals surface area contributed by atoms with E-state index in [1.165, 1.54) is 31.9 Å². The van der Waals surface area contributed by atoms with E-state index in [9.17, 15) is 13.2 Å². The van der Waals surface area contributed by atoms with E-state index < -0.39 is 10.0 Å². The van der Waals surface area contributed by atoms with E-state index in [2.05, 4.69) is 10.3 Å². The summed E-state index contributed by atoms with van der Waals surface area (Å²) in [5.41, 5.74) is 1.08. The summed E-state index contributed by atoms with van der Waals surface area (Å²) in [5, 5.41) is 3.48. The van der Waals surface area contributed by atoms with Gasteiger partial charge in [0, 0.05) is 26.0 Å². The summed E-state index contributed by atoms with van der Waals surface area (Å²) in [7, 11) is -0.603. The number of anilines is 1. The molecule has 0 aliphatic carbocycles. The maximum atomic E-state index is 12.3. The molecule has 24 heavy (non-hydrogen) atoms. The smallest absolute Gasteiger partial charge is 0.242 e. The quantitative estimate of drug-likeness (QED) is 0.795. The standard InChI is InChI=1S/C16H19N3O3S2/c1-12-7-8-13(10-14(12)24(21,22)19(2)3)18-15(20)11-23-16-6-4-5-9-17-16/h4-10H,11H2,1-3H3,(H,18,20). The molecule has 0 atom stereocenters. The summed E-state index contributed by atoms with van der Waals surface area (Å²) >= 11 is 1.32. The van der Waals surface area contributed by atoms with Gasteiger partial charge in [0.1, 0.15) is 0 Å². The molecule has 2 rings (SSSR count). The fourth-order valence-corrected chi connectivity index (χ4v) is 3.73. The Morgan fingerprint density at radius 3 is 2.62 bits per heavy atom. The molecule has 1 N–H and O–H groups in total. The molecule has 0 aliphatic rings. The number of benzene rings is 1. The molecule has 1 amide bonds. The van der Waals surface area contributed by atoms with Crippen LogP contribution in [-0.4, -0.2) is 43.5 Å². The molecular weight excluding hydrogens is 346 g/mol. The van der Waals surface area contributed by atoms with Gasteiger partial charge in [0.15, 0.2) is 0 Å². The first-order valence-corrected chi connectivity index (χ1v) is 9.60. The summed E-state index contributed by atoms with van der Waals surface area (Å²) in [4.78, 5) is 16.4. The summed E-state index contributed by atoms with van der Waals surface area (Å²) in [6, 6.07) is 10.3. The van der Waals surface area contributed by atoms with Crippen LogP contribution in [0.15, 0.2) is 52.5 Å². The van der Waals surface area contributed by atoms with Crippen molar-refractivity contribution in [3.8, 4) is 0 Å². The van der Waals surface area contributed by atoms with Gasteiger partial charge >= 0.3 is 0 Å². The van der Waals surface area contributed by atoms with Gasteiger partial charge in [-0.25, -0.2) is 17.7 Å². The molecule has 8 heteroatoms. The van der Waals surface area contributed by atoms with Gasteiger partial charge in [0.2, 0.25) is 15.9 Å². The van der Waals surface area contributed by atoms with Gasteiger partial charge in [0.25, 0.3) is 0 Å². The lowest BCUT2D eigenvalue weighted by Crippen LogP contribution is -2.23. The van der Waals surface area contributed by atoms with Crippen molar-refractivity contribution >= 4 is 33.4 Å². The second-order valence-electron chi connectivity index (χ2n) is 5.27. The van der Waals surface area contributed by atoms with Crippen LogP contribution in [0.4, 0.5) is 5.69 Å². The average Bonchev–Trinajstić information content (AvgIpc) is 2.55. The Labute approximate surface area is 146 Å². The lowest BCUT2D eigenvalue weighted by molar-refractivity contribution is -0.113. The number of nitrogens with zero attached hydrogens (tertiary/aromatic N) is 2. The number of thioether (sulfide) groups is 1. The van der Waals surface area contributed by atoms with E-state index in [4.69, 9.17) is 0 Å². The predicted molar refractivity (Wildman–Crippen MR) is 95.6 cm³/mol. The highest BCUT2D eigenvalue weighted by Gasteiger charge is 2.20. The zero-order valence-electron chi connectivity index (χ0n) is 13.7. The van der Waals surface area contributed by atoms with Gasteiger partial charge in [0.05, 0.1) is 15.7 Å². The Morgan fingerprint density at radius 1 is 1.25 bits per heavy atom. The van der Waals surface area contributed by atoms with Gasteiger partial charge in [-0.1, -0.05) is 23.9 Å². The number of sulfonamides is 1. The minimum Gasteiger partial charge on any atom is -0.325 e.